The molecule has 102 valence electrons. The maximum absolute atomic E-state index is 12.6. The van der Waals surface area contributed by atoms with Crippen LogP contribution in [0.4, 0.5) is 4.39 Å². The monoisotopic (exact) mass is 275 g/mol. The highest BCUT2D eigenvalue weighted by Crippen LogP contribution is 2.10. The summed E-state index contributed by atoms with van der Waals surface area (Å²) < 4.78 is 43.6. The number of halogens is 1. The van der Waals surface area contributed by atoms with Gasteiger partial charge in [0, 0.05) is 6.04 Å². The lowest BCUT2D eigenvalue weighted by molar-refractivity contribution is 0.339. The Bertz CT molecular complexity index is 459. The molecule has 18 heavy (non-hydrogen) atoms. The van der Waals surface area contributed by atoms with Gasteiger partial charge < -0.3 is 4.74 Å². The van der Waals surface area contributed by atoms with Crippen molar-refractivity contribution in [3.8, 4) is 5.75 Å². The minimum atomic E-state index is -3.32. The van der Waals surface area contributed by atoms with Gasteiger partial charge in [0.1, 0.15) is 18.2 Å². The van der Waals surface area contributed by atoms with E-state index in [-0.39, 0.29) is 24.2 Å². The Morgan fingerprint density at radius 2 is 1.94 bits per heavy atom. The smallest absolute Gasteiger partial charge is 0.215 e. The van der Waals surface area contributed by atoms with Gasteiger partial charge in [-0.15, -0.1) is 0 Å². The molecule has 0 saturated heterocycles. The Balaban J connectivity index is 2.39. The predicted molar refractivity (Wildman–Crippen MR) is 68.6 cm³/mol. The fraction of sp³-hybridized carbons (Fsp3) is 0.500. The van der Waals surface area contributed by atoms with Gasteiger partial charge in [0.25, 0.3) is 0 Å². The van der Waals surface area contributed by atoms with E-state index in [1.165, 1.54) is 24.3 Å². The molecule has 1 rings (SSSR count). The SMILES string of the molecule is CCC(C)NS(=O)(=O)CCOc1ccc(F)cc1. The maximum atomic E-state index is 12.6. The molecule has 0 radical (unpaired) electrons. The average molecular weight is 275 g/mol. The lowest BCUT2D eigenvalue weighted by atomic mass is 10.3. The predicted octanol–water partition coefficient (Wildman–Crippen LogP) is 1.92. The Labute approximate surface area is 107 Å². The van der Waals surface area contributed by atoms with Gasteiger partial charge in [-0.1, -0.05) is 6.92 Å². The zero-order chi connectivity index (χ0) is 13.6. The minimum absolute atomic E-state index is 0.0391. The second-order valence-corrected chi connectivity index (χ2v) is 5.92. The van der Waals surface area contributed by atoms with Gasteiger partial charge in [-0.2, -0.15) is 0 Å². The molecular weight excluding hydrogens is 257 g/mol. The van der Waals surface area contributed by atoms with Crippen molar-refractivity contribution in [2.24, 2.45) is 0 Å². The molecule has 0 amide bonds. The van der Waals surface area contributed by atoms with Crippen molar-refractivity contribution in [3.63, 3.8) is 0 Å². The van der Waals surface area contributed by atoms with E-state index in [0.29, 0.717) is 5.75 Å². The summed E-state index contributed by atoms with van der Waals surface area (Å²) in [6.45, 7) is 3.75. The number of hydrogen-bond acceptors (Lipinski definition) is 3. The van der Waals surface area contributed by atoms with Crippen LogP contribution in [0.1, 0.15) is 20.3 Å². The summed E-state index contributed by atoms with van der Waals surface area (Å²) in [5.41, 5.74) is 0. The van der Waals surface area contributed by atoms with E-state index in [0.717, 1.165) is 6.42 Å². The lowest BCUT2D eigenvalue weighted by Gasteiger charge is -2.12. The molecular formula is C12H18FNO3S. The molecule has 6 heteroatoms. The van der Waals surface area contributed by atoms with Crippen LogP contribution in [0.15, 0.2) is 24.3 Å². The third kappa shape index (κ3) is 5.46. The van der Waals surface area contributed by atoms with E-state index in [1.54, 1.807) is 6.92 Å². The summed E-state index contributed by atoms with van der Waals surface area (Å²) in [4.78, 5) is 0. The standard InChI is InChI=1S/C12H18FNO3S/c1-3-10(2)14-18(15,16)9-8-17-12-6-4-11(13)5-7-12/h4-7,10,14H,3,8-9H2,1-2H3. The van der Waals surface area contributed by atoms with Crippen LogP contribution in [0.2, 0.25) is 0 Å². The first-order valence-corrected chi connectivity index (χ1v) is 7.46. The van der Waals surface area contributed by atoms with Gasteiger partial charge in [-0.05, 0) is 37.6 Å². The van der Waals surface area contributed by atoms with Crippen LogP contribution >= 0.6 is 0 Å². The Hall–Kier alpha value is -1.14. The fourth-order valence-electron chi connectivity index (χ4n) is 1.25. The number of hydrogen-bond donors (Lipinski definition) is 1. The van der Waals surface area contributed by atoms with Gasteiger partial charge >= 0.3 is 0 Å². The van der Waals surface area contributed by atoms with Crippen molar-refractivity contribution in [2.45, 2.75) is 26.3 Å². The summed E-state index contributed by atoms with van der Waals surface area (Å²) in [5.74, 6) is -0.0158. The highest BCUT2D eigenvalue weighted by Gasteiger charge is 2.13. The Morgan fingerprint density at radius 1 is 1.33 bits per heavy atom. The first kappa shape index (κ1) is 14.9. The molecule has 0 fully saturated rings. The molecule has 0 spiro atoms. The molecule has 1 aromatic rings. The highest BCUT2D eigenvalue weighted by molar-refractivity contribution is 7.89. The summed E-state index contributed by atoms with van der Waals surface area (Å²) in [6, 6.07) is 5.37. The molecule has 0 saturated carbocycles. The first-order valence-electron chi connectivity index (χ1n) is 5.81. The second kappa shape index (κ2) is 6.70. The number of ether oxygens (including phenoxy) is 1. The van der Waals surface area contributed by atoms with Gasteiger partial charge in [-0.25, -0.2) is 17.5 Å². The summed E-state index contributed by atoms with van der Waals surface area (Å²) in [5, 5.41) is 0. The van der Waals surface area contributed by atoms with Crippen LogP contribution < -0.4 is 9.46 Å². The summed E-state index contributed by atoms with van der Waals surface area (Å²) in [6.07, 6.45) is 0.734. The first-order chi connectivity index (χ1) is 8.43. The van der Waals surface area contributed by atoms with Crippen molar-refractivity contribution in [1.29, 1.82) is 0 Å². The normalized spacial score (nSPS) is 13.3. The van der Waals surface area contributed by atoms with Crippen molar-refractivity contribution in [3.05, 3.63) is 30.1 Å². The van der Waals surface area contributed by atoms with E-state index in [4.69, 9.17) is 4.74 Å². The Kier molecular flexibility index (Phi) is 5.55. The van der Waals surface area contributed by atoms with E-state index < -0.39 is 10.0 Å². The fourth-order valence-corrected chi connectivity index (χ4v) is 2.45. The summed E-state index contributed by atoms with van der Waals surface area (Å²) in [7, 11) is -3.32. The topological polar surface area (TPSA) is 55.4 Å². The molecule has 0 aliphatic rings. The van der Waals surface area contributed by atoms with Gasteiger partial charge in [0.2, 0.25) is 10.0 Å². The van der Waals surface area contributed by atoms with Gasteiger partial charge in [-0.3, -0.25) is 0 Å². The highest BCUT2D eigenvalue weighted by atomic mass is 32.2. The van der Waals surface area contributed by atoms with E-state index in [2.05, 4.69) is 4.72 Å². The third-order valence-corrected chi connectivity index (χ3v) is 3.89. The second-order valence-electron chi connectivity index (χ2n) is 4.05. The van der Waals surface area contributed by atoms with Gasteiger partial charge in [0.05, 0.1) is 5.75 Å². The molecule has 1 aromatic carbocycles. The largest absolute Gasteiger partial charge is 0.492 e. The number of rotatable bonds is 7. The third-order valence-electron chi connectivity index (χ3n) is 2.43. The van der Waals surface area contributed by atoms with Crippen LogP contribution in [0.25, 0.3) is 0 Å². The zero-order valence-corrected chi connectivity index (χ0v) is 11.3. The van der Waals surface area contributed by atoms with Crippen molar-refractivity contribution >= 4 is 10.0 Å². The van der Waals surface area contributed by atoms with Crippen LogP contribution in [-0.4, -0.2) is 26.8 Å². The quantitative estimate of drug-likeness (QED) is 0.827. The van der Waals surface area contributed by atoms with Crippen LogP contribution in [0.5, 0.6) is 5.75 Å². The van der Waals surface area contributed by atoms with Crippen molar-refractivity contribution < 1.29 is 17.5 Å². The summed E-state index contributed by atoms with van der Waals surface area (Å²) >= 11 is 0. The minimum Gasteiger partial charge on any atom is -0.492 e. The average Bonchev–Trinajstić information content (AvgIpc) is 2.31. The lowest BCUT2D eigenvalue weighted by Crippen LogP contribution is -2.35. The molecule has 0 bridgehead atoms. The van der Waals surface area contributed by atoms with E-state index in [1.807, 2.05) is 6.92 Å². The molecule has 1 atom stereocenters. The molecule has 1 unspecified atom stereocenters. The van der Waals surface area contributed by atoms with Gasteiger partial charge in [0.15, 0.2) is 0 Å². The molecule has 0 aliphatic carbocycles. The van der Waals surface area contributed by atoms with Crippen LogP contribution in [-0.2, 0) is 10.0 Å². The van der Waals surface area contributed by atoms with Crippen LogP contribution in [0, 0.1) is 5.82 Å². The van der Waals surface area contributed by atoms with Crippen molar-refractivity contribution in [1.82, 2.24) is 4.72 Å². The zero-order valence-electron chi connectivity index (χ0n) is 10.5. The van der Waals surface area contributed by atoms with E-state index in [9.17, 15) is 12.8 Å². The molecule has 4 nitrogen and oxygen atoms in total. The molecule has 0 aromatic heterocycles. The number of nitrogens with one attached hydrogen (secondary N) is 1. The van der Waals surface area contributed by atoms with Crippen molar-refractivity contribution in [2.75, 3.05) is 12.4 Å². The number of benzene rings is 1. The molecule has 1 N–H and O–H groups in total. The van der Waals surface area contributed by atoms with E-state index >= 15 is 0 Å². The molecule has 0 aliphatic heterocycles. The van der Waals surface area contributed by atoms with Crippen LogP contribution in [0.3, 0.4) is 0 Å². The Morgan fingerprint density at radius 3 is 2.50 bits per heavy atom. The maximum Gasteiger partial charge on any atom is 0.215 e. The number of sulfonamides is 1. The molecule has 0 heterocycles.